The lowest BCUT2D eigenvalue weighted by atomic mass is 9.97. The highest BCUT2D eigenvalue weighted by Crippen LogP contribution is 2.30. The topological polar surface area (TPSA) is 228 Å². The summed E-state index contributed by atoms with van der Waals surface area (Å²) in [6.45, 7) is 2.75. The van der Waals surface area contributed by atoms with Crippen LogP contribution >= 0.6 is 0 Å². The van der Waals surface area contributed by atoms with Crippen molar-refractivity contribution in [2.45, 2.75) is 261 Å². The van der Waals surface area contributed by atoms with Gasteiger partial charge in [-0.3, -0.25) is 4.79 Å². The predicted molar refractivity (Wildman–Crippen MR) is 254 cm³/mol. The average molecular weight is 928 g/mol. The molecule has 14 heteroatoms. The van der Waals surface area contributed by atoms with Gasteiger partial charge in [-0.2, -0.15) is 0 Å². The molecule has 14 nitrogen and oxygen atoms in total. The molecule has 65 heavy (non-hydrogen) atoms. The summed E-state index contributed by atoms with van der Waals surface area (Å²) in [6, 6.07) is -0.933. The van der Waals surface area contributed by atoms with E-state index in [4.69, 9.17) is 18.9 Å². The molecule has 1 amide bonds. The minimum absolute atomic E-state index is 0.254. The van der Waals surface area contributed by atoms with Crippen molar-refractivity contribution in [3.05, 3.63) is 36.5 Å². The predicted octanol–water partition coefficient (Wildman–Crippen LogP) is 6.71. The zero-order valence-corrected chi connectivity index (χ0v) is 40.2. The summed E-state index contributed by atoms with van der Waals surface area (Å²) >= 11 is 0. The summed E-state index contributed by atoms with van der Waals surface area (Å²) in [7, 11) is 0. The molecule has 0 aromatic heterocycles. The van der Waals surface area contributed by atoms with E-state index < -0.39 is 86.8 Å². The third-order valence-corrected chi connectivity index (χ3v) is 12.6. The fourth-order valence-electron chi connectivity index (χ4n) is 8.32. The highest BCUT2D eigenvalue weighted by Gasteiger charge is 2.51. The van der Waals surface area contributed by atoms with E-state index >= 15 is 0 Å². The molecule has 12 atom stereocenters. The number of rotatable bonds is 39. The fraction of sp³-hybridized carbons (Fsp3) is 0.863. The monoisotopic (exact) mass is 928 g/mol. The minimum Gasteiger partial charge on any atom is -0.394 e. The maximum absolute atomic E-state index is 13.2. The van der Waals surface area contributed by atoms with Crippen LogP contribution in [-0.4, -0.2) is 140 Å². The summed E-state index contributed by atoms with van der Waals surface area (Å²) < 4.78 is 22.7. The number of aliphatic hydroxyl groups is 8. The number of amides is 1. The van der Waals surface area contributed by atoms with Gasteiger partial charge < -0.3 is 65.1 Å². The highest BCUT2D eigenvalue weighted by atomic mass is 16.7. The molecule has 380 valence electrons. The fourth-order valence-corrected chi connectivity index (χ4v) is 8.32. The van der Waals surface area contributed by atoms with Crippen LogP contribution in [0, 0.1) is 0 Å². The summed E-state index contributed by atoms with van der Waals surface area (Å²) in [5.74, 6) is -0.254. The van der Waals surface area contributed by atoms with Crippen LogP contribution in [0.4, 0.5) is 0 Å². The van der Waals surface area contributed by atoms with Crippen LogP contribution in [0.3, 0.4) is 0 Å². The van der Waals surface area contributed by atoms with E-state index in [-0.39, 0.29) is 18.9 Å². The molecular weight excluding hydrogens is 835 g/mol. The number of allylic oxidation sites excluding steroid dienone is 5. The van der Waals surface area contributed by atoms with E-state index in [9.17, 15) is 45.6 Å². The molecule has 2 saturated heterocycles. The Bertz CT molecular complexity index is 1230. The van der Waals surface area contributed by atoms with Crippen LogP contribution in [0.1, 0.15) is 187 Å². The number of hydrogen-bond acceptors (Lipinski definition) is 13. The first-order chi connectivity index (χ1) is 31.6. The van der Waals surface area contributed by atoms with Gasteiger partial charge in [0.1, 0.15) is 48.8 Å². The Morgan fingerprint density at radius 3 is 1.51 bits per heavy atom. The molecule has 0 aromatic carbocycles. The van der Waals surface area contributed by atoms with Crippen molar-refractivity contribution in [1.82, 2.24) is 5.32 Å². The second-order valence-electron chi connectivity index (χ2n) is 18.3. The third kappa shape index (κ3) is 25.4. The molecule has 9 N–H and O–H groups in total. The van der Waals surface area contributed by atoms with Gasteiger partial charge in [-0.1, -0.05) is 172 Å². The molecule has 0 bridgehead atoms. The SMILES string of the molecule is CCCCCCCCC/C=C/CC/C=C/CC/C=C/C(O)C(COC1OC(CO)C(OC2OC(CO)C(O)C(O)C2O)C(O)C1O)NC(=O)CCCCCCCCCCCCCCCC. The molecule has 2 fully saturated rings. The number of carbonyl (C=O) groups excluding carboxylic acids is 1. The largest absolute Gasteiger partial charge is 0.394 e. The quantitative estimate of drug-likeness (QED) is 0.0231. The number of unbranched alkanes of at least 4 members (excludes halogenated alkanes) is 22. The van der Waals surface area contributed by atoms with Crippen LogP contribution in [0.5, 0.6) is 0 Å². The number of nitrogens with one attached hydrogen (secondary N) is 1. The first-order valence-electron chi connectivity index (χ1n) is 25.7. The van der Waals surface area contributed by atoms with Gasteiger partial charge in [0.05, 0.1) is 32.0 Å². The summed E-state index contributed by atoms with van der Waals surface area (Å²) in [6.07, 6.45) is 26.1. The minimum atomic E-state index is -1.79. The number of carbonyl (C=O) groups is 1. The lowest BCUT2D eigenvalue weighted by Gasteiger charge is -2.46. The smallest absolute Gasteiger partial charge is 0.220 e. The van der Waals surface area contributed by atoms with Crippen molar-refractivity contribution in [2.75, 3.05) is 19.8 Å². The maximum Gasteiger partial charge on any atom is 0.220 e. The van der Waals surface area contributed by atoms with Crippen LogP contribution in [0.2, 0.25) is 0 Å². The summed E-state index contributed by atoms with van der Waals surface area (Å²) in [5, 5.41) is 86.7. The molecule has 2 rings (SSSR count). The van der Waals surface area contributed by atoms with Crippen LogP contribution in [-0.2, 0) is 23.7 Å². The van der Waals surface area contributed by atoms with Crippen LogP contribution < -0.4 is 5.32 Å². The van der Waals surface area contributed by atoms with E-state index in [1.165, 1.54) is 109 Å². The average Bonchev–Trinajstić information content (AvgIpc) is 3.30. The van der Waals surface area contributed by atoms with E-state index in [1.54, 1.807) is 6.08 Å². The highest BCUT2D eigenvalue weighted by molar-refractivity contribution is 5.76. The van der Waals surface area contributed by atoms with Gasteiger partial charge in [0.2, 0.25) is 5.91 Å². The van der Waals surface area contributed by atoms with Gasteiger partial charge in [0.15, 0.2) is 12.6 Å². The van der Waals surface area contributed by atoms with E-state index in [0.717, 1.165) is 44.9 Å². The zero-order chi connectivity index (χ0) is 47.5. The molecule has 12 unspecified atom stereocenters. The molecule has 2 aliphatic heterocycles. The lowest BCUT2D eigenvalue weighted by molar-refractivity contribution is -0.359. The molecule has 0 saturated carbocycles. The van der Waals surface area contributed by atoms with Crippen LogP contribution in [0.15, 0.2) is 36.5 Å². The van der Waals surface area contributed by atoms with Crippen LogP contribution in [0.25, 0.3) is 0 Å². The Hall–Kier alpha value is -1.79. The van der Waals surface area contributed by atoms with Gasteiger partial charge >= 0.3 is 0 Å². The molecular formula is C51H93NO13. The first kappa shape index (κ1) is 59.3. The molecule has 2 aliphatic rings. The first-order valence-corrected chi connectivity index (χ1v) is 25.7. The van der Waals surface area contributed by atoms with Crippen molar-refractivity contribution in [1.29, 1.82) is 0 Å². The van der Waals surface area contributed by atoms with Gasteiger partial charge in [-0.25, -0.2) is 0 Å². The van der Waals surface area contributed by atoms with E-state index in [1.807, 2.05) is 6.08 Å². The van der Waals surface area contributed by atoms with Gasteiger partial charge in [0, 0.05) is 6.42 Å². The Morgan fingerprint density at radius 1 is 0.538 bits per heavy atom. The molecule has 0 spiro atoms. The third-order valence-electron chi connectivity index (χ3n) is 12.6. The van der Waals surface area contributed by atoms with Crippen molar-refractivity contribution < 1.29 is 64.6 Å². The molecule has 0 radical (unpaired) electrons. The Morgan fingerprint density at radius 2 is 0.985 bits per heavy atom. The summed E-state index contributed by atoms with van der Waals surface area (Å²) in [4.78, 5) is 13.2. The van der Waals surface area contributed by atoms with Crippen molar-refractivity contribution in [3.8, 4) is 0 Å². The lowest BCUT2D eigenvalue weighted by Crippen LogP contribution is -2.65. The Kier molecular flexibility index (Phi) is 34.8. The van der Waals surface area contributed by atoms with Crippen molar-refractivity contribution in [3.63, 3.8) is 0 Å². The van der Waals surface area contributed by atoms with E-state index in [2.05, 4.69) is 43.5 Å². The number of hydrogen-bond donors (Lipinski definition) is 9. The number of aliphatic hydroxyl groups excluding tert-OH is 8. The van der Waals surface area contributed by atoms with Gasteiger partial charge in [-0.05, 0) is 44.9 Å². The second-order valence-corrected chi connectivity index (χ2v) is 18.3. The zero-order valence-electron chi connectivity index (χ0n) is 40.2. The Balaban J connectivity index is 1.88. The standard InChI is InChI=1S/C51H93NO13/c1-3-5-7-9-11-13-15-17-19-20-21-22-24-26-28-30-32-34-40(55)39(52-43(56)35-33-31-29-27-25-23-18-16-14-12-10-8-6-4-2)38-62-50-48(61)46(59)49(42(37-54)64-50)65-51-47(60)45(58)44(57)41(36-53)63-51/h19-20,24,26,32,34,39-42,44-51,53-55,57-61H,3-18,21-23,25,27-31,33,35-38H2,1-2H3,(H,52,56)/b20-19+,26-24+,34-32+. The normalized spacial score (nSPS) is 27.3. The van der Waals surface area contributed by atoms with Gasteiger partial charge in [-0.15, -0.1) is 0 Å². The molecule has 0 aromatic rings. The number of ether oxygens (including phenoxy) is 4. The molecule has 0 aliphatic carbocycles. The van der Waals surface area contributed by atoms with Crippen molar-refractivity contribution >= 4 is 5.91 Å². The summed E-state index contributed by atoms with van der Waals surface area (Å²) in [5.41, 5.74) is 0. The maximum atomic E-state index is 13.2. The van der Waals surface area contributed by atoms with E-state index in [0.29, 0.717) is 12.8 Å². The Labute approximate surface area is 391 Å². The second kappa shape index (κ2) is 38.1. The molecule has 2 heterocycles. The van der Waals surface area contributed by atoms with Gasteiger partial charge in [0.25, 0.3) is 0 Å². The van der Waals surface area contributed by atoms with Crippen molar-refractivity contribution in [2.24, 2.45) is 0 Å².